The highest BCUT2D eigenvalue weighted by Gasteiger charge is 2.24. The van der Waals surface area contributed by atoms with E-state index in [1.165, 1.54) is 248 Å². The van der Waals surface area contributed by atoms with E-state index in [0.717, 1.165) is 17.1 Å². The number of hydrogen-bond acceptors (Lipinski definition) is 0. The van der Waals surface area contributed by atoms with Crippen LogP contribution in [0.1, 0.15) is 0 Å². The van der Waals surface area contributed by atoms with E-state index < -0.39 is 0 Å². The van der Waals surface area contributed by atoms with Crippen molar-refractivity contribution in [2.24, 2.45) is 0 Å². The Morgan fingerprint density at radius 1 is 0.0733 bits per heavy atom. The summed E-state index contributed by atoms with van der Waals surface area (Å²) in [7, 11) is 0. The molecule has 0 aliphatic carbocycles. The summed E-state index contributed by atoms with van der Waals surface area (Å²) in [6.45, 7) is 0. The van der Waals surface area contributed by atoms with Crippen LogP contribution in [0.3, 0.4) is 0 Å². The van der Waals surface area contributed by atoms with E-state index in [4.69, 9.17) is 0 Å². The quantitative estimate of drug-likeness (QED) is 0.0979. The molecule has 0 radical (unpaired) electrons. The minimum absolute atomic E-state index is 1.15. The van der Waals surface area contributed by atoms with Crippen molar-refractivity contribution in [3.63, 3.8) is 0 Å². The summed E-state index contributed by atoms with van der Waals surface area (Å²) < 4.78 is 14.4. The van der Waals surface area contributed by atoms with Crippen molar-refractivity contribution in [3.05, 3.63) is 582 Å². The van der Waals surface area contributed by atoms with Crippen LogP contribution in [0, 0.1) is 0 Å². The van der Waals surface area contributed by atoms with Gasteiger partial charge in [-0.2, -0.15) is 0 Å². The smallest absolute Gasteiger partial charge is 0.0541 e. The molecule has 6 heteroatoms. The van der Waals surface area contributed by atoms with E-state index in [1.807, 2.05) is 0 Å². The number of hydrogen-bond donors (Lipinski definition) is 0. The summed E-state index contributed by atoms with van der Waals surface area (Å²) in [5.74, 6) is 0. The normalized spacial score (nSPS) is 11.6. The van der Waals surface area contributed by atoms with Crippen LogP contribution >= 0.6 is 0 Å². The minimum atomic E-state index is 1.15. The van der Waals surface area contributed by atoms with Gasteiger partial charge in [-0.1, -0.05) is 394 Å². The predicted octanol–water partition coefficient (Wildman–Crippen LogP) is 38.6. The summed E-state index contributed by atoms with van der Waals surface area (Å²) in [4.78, 5) is 0. The lowest BCUT2D eigenvalue weighted by atomic mass is 9.98. The second kappa shape index (κ2) is 37.4. The number of para-hydroxylation sites is 9. The molecule has 0 aliphatic rings. The van der Waals surface area contributed by atoms with Crippen molar-refractivity contribution in [3.8, 4) is 134 Å². The van der Waals surface area contributed by atoms with E-state index in [9.17, 15) is 0 Å². The van der Waals surface area contributed by atoms with E-state index in [1.54, 1.807) is 0 Å². The van der Waals surface area contributed by atoms with Crippen LogP contribution in [0.2, 0.25) is 0 Å². The molecule has 0 saturated carbocycles. The lowest BCUT2D eigenvalue weighted by Gasteiger charge is -2.14. The van der Waals surface area contributed by atoms with E-state index in [2.05, 4.69) is 610 Å². The molecular formula is C144H96N6. The van der Waals surface area contributed by atoms with Gasteiger partial charge < -0.3 is 27.4 Å². The van der Waals surface area contributed by atoms with E-state index in [-0.39, 0.29) is 0 Å². The standard InChI is InChI=1S/3C48H32N2/c1-4-14-33(15-5-1)37-28-38(34-16-6-2-7-17-34)30-40(29-37)50-46-23-13-11-21-42(46)44-32-36(25-27-48(44)50)35-24-26-47-43(31-35)41-20-10-12-22-45(41)49(47)39-18-8-3-9-19-39;1-3-12-33(13-4-1)34-22-24-35(25-23-34)36-14-11-17-40(30-36)50-46-21-10-8-19-42(46)44-32-38(27-29-48(44)50)37-26-28-47-43(31-37)41-18-7-9-20-45(41)49(47)39-15-5-2-6-16-39;1-3-11-33(12-4-1)34-19-21-35(22-20-34)36-23-27-40(28-24-36)50-46-18-10-8-16-42(46)44-32-38(26-30-48(44)50)37-25-29-47-43(31-37)41-15-7-9-17-45(41)49(47)39-13-5-2-6-14-39/h3*1-32H. The van der Waals surface area contributed by atoms with Gasteiger partial charge in [0.25, 0.3) is 0 Å². The Hall–Kier alpha value is -19.9. The van der Waals surface area contributed by atoms with Crippen molar-refractivity contribution >= 4 is 131 Å². The molecule has 0 atom stereocenters. The molecule has 150 heavy (non-hydrogen) atoms. The second-order valence-electron chi connectivity index (χ2n) is 39.0. The van der Waals surface area contributed by atoms with Gasteiger partial charge in [-0.15, -0.1) is 0 Å². The Bertz CT molecular complexity index is 10300. The zero-order chi connectivity index (χ0) is 99.1. The number of rotatable bonds is 15. The molecule has 0 fully saturated rings. The van der Waals surface area contributed by atoms with E-state index in [0.29, 0.717) is 0 Å². The average molecular weight is 1910 g/mol. The number of nitrogens with zero attached hydrogens (tertiary/aromatic N) is 6. The van der Waals surface area contributed by atoms with Crippen LogP contribution in [0.5, 0.6) is 0 Å². The number of fused-ring (bicyclic) bond motifs is 18. The Morgan fingerprint density at radius 3 is 0.487 bits per heavy atom. The van der Waals surface area contributed by atoms with E-state index >= 15 is 0 Å². The fraction of sp³-hybridized carbons (Fsp3) is 0. The monoisotopic (exact) mass is 1910 g/mol. The summed E-state index contributed by atoms with van der Waals surface area (Å²) in [5, 5.41) is 15.1. The van der Waals surface area contributed by atoms with Crippen molar-refractivity contribution < 1.29 is 0 Å². The maximum atomic E-state index is 2.43. The third kappa shape index (κ3) is 15.6. The maximum absolute atomic E-state index is 2.43. The van der Waals surface area contributed by atoms with Gasteiger partial charge in [0.15, 0.2) is 0 Å². The van der Waals surface area contributed by atoms with Gasteiger partial charge >= 0.3 is 0 Å². The third-order valence-electron chi connectivity index (χ3n) is 30.3. The highest BCUT2D eigenvalue weighted by molar-refractivity contribution is 6.17. The molecule has 6 nitrogen and oxygen atoms in total. The summed E-state index contributed by atoms with van der Waals surface area (Å²) >= 11 is 0. The first-order valence-corrected chi connectivity index (χ1v) is 51.6. The summed E-state index contributed by atoms with van der Waals surface area (Å²) in [6.07, 6.45) is 0. The molecule has 30 rings (SSSR count). The van der Waals surface area contributed by atoms with Gasteiger partial charge in [0, 0.05) is 98.8 Å². The van der Waals surface area contributed by atoms with Gasteiger partial charge in [-0.25, -0.2) is 0 Å². The molecule has 6 aromatic heterocycles. The molecule has 0 N–H and O–H groups in total. The van der Waals surface area contributed by atoms with Crippen LogP contribution in [0.4, 0.5) is 0 Å². The SMILES string of the molecule is c1ccc(-c2cc(-c3ccccc3)cc(-n3c4ccccc4c4cc(-c5ccc6c(c5)c5ccccc5n6-c5ccccc5)ccc43)c2)cc1.c1ccc(-c2ccc(-c3ccc(-n4c5ccccc5c5cc(-c6ccc7c(c6)c6ccccc6n7-c6ccccc6)ccc54)cc3)cc2)cc1.c1ccc(-c2ccc(-c3cccc(-n4c5ccccc5c5cc(-c6ccc7c(c6)c6ccccc6n7-c6ccccc6)ccc54)c3)cc2)cc1. The van der Waals surface area contributed by atoms with Crippen LogP contribution in [0.25, 0.3) is 265 Å². The number of aromatic nitrogens is 6. The average Bonchev–Trinajstić information content (AvgIpc) is 1.60. The van der Waals surface area contributed by atoms with Gasteiger partial charge in [0.1, 0.15) is 0 Å². The van der Waals surface area contributed by atoms with Crippen molar-refractivity contribution in [1.82, 2.24) is 27.4 Å². The van der Waals surface area contributed by atoms with Crippen LogP contribution < -0.4 is 0 Å². The molecule has 0 amide bonds. The Labute approximate surface area is 868 Å². The molecule has 6 heterocycles. The van der Waals surface area contributed by atoms with Gasteiger partial charge in [0.05, 0.1) is 66.2 Å². The van der Waals surface area contributed by atoms with Crippen molar-refractivity contribution in [2.75, 3.05) is 0 Å². The predicted molar refractivity (Wildman–Crippen MR) is 634 cm³/mol. The molecule has 0 saturated heterocycles. The first-order valence-electron chi connectivity index (χ1n) is 51.6. The first-order chi connectivity index (χ1) is 74.4. The first kappa shape index (κ1) is 87.8. The topological polar surface area (TPSA) is 29.6 Å². The highest BCUT2D eigenvalue weighted by Crippen LogP contribution is 2.46. The molecule has 0 aliphatic heterocycles. The van der Waals surface area contributed by atoms with Crippen LogP contribution in [-0.4, -0.2) is 27.4 Å². The third-order valence-corrected chi connectivity index (χ3v) is 30.3. The fourth-order valence-corrected chi connectivity index (χ4v) is 23.2. The Balaban J connectivity index is 0.000000108. The lowest BCUT2D eigenvalue weighted by molar-refractivity contribution is 1.18. The number of benzene rings is 24. The van der Waals surface area contributed by atoms with Crippen LogP contribution in [0.15, 0.2) is 582 Å². The molecule has 30 aromatic rings. The molecule has 0 spiro atoms. The lowest BCUT2D eigenvalue weighted by Crippen LogP contribution is -1.96. The Morgan fingerprint density at radius 2 is 0.227 bits per heavy atom. The Kier molecular flexibility index (Phi) is 21.9. The van der Waals surface area contributed by atoms with Crippen molar-refractivity contribution in [2.45, 2.75) is 0 Å². The largest absolute Gasteiger partial charge is 0.309 e. The summed E-state index contributed by atoms with van der Waals surface area (Å²) in [5.41, 5.74) is 43.4. The fourth-order valence-electron chi connectivity index (χ4n) is 23.2. The molecule has 0 bridgehead atoms. The van der Waals surface area contributed by atoms with Gasteiger partial charge in [-0.3, -0.25) is 0 Å². The van der Waals surface area contributed by atoms with Gasteiger partial charge in [0.2, 0.25) is 0 Å². The molecular weight excluding hydrogens is 1810 g/mol. The zero-order valence-electron chi connectivity index (χ0n) is 82.1. The molecule has 24 aromatic carbocycles. The second-order valence-corrected chi connectivity index (χ2v) is 39.0. The highest BCUT2D eigenvalue weighted by atomic mass is 15.0. The molecule has 0 unspecified atom stereocenters. The van der Waals surface area contributed by atoms with Crippen molar-refractivity contribution in [1.29, 1.82) is 0 Å². The van der Waals surface area contributed by atoms with Gasteiger partial charge in [-0.05, 0) is 288 Å². The van der Waals surface area contributed by atoms with Crippen LogP contribution in [-0.2, 0) is 0 Å². The summed E-state index contributed by atoms with van der Waals surface area (Å²) in [6, 6.07) is 211. The maximum Gasteiger partial charge on any atom is 0.0541 e. The zero-order valence-corrected chi connectivity index (χ0v) is 82.1. The molecule has 702 valence electrons. The minimum Gasteiger partial charge on any atom is -0.309 e.